The Bertz CT molecular complexity index is 667. The van der Waals surface area contributed by atoms with Crippen molar-refractivity contribution < 1.29 is 9.53 Å². The molecule has 0 aromatic carbocycles. The van der Waals surface area contributed by atoms with Gasteiger partial charge in [0.15, 0.2) is 5.96 Å². The van der Waals surface area contributed by atoms with Crippen LogP contribution in [0.2, 0.25) is 0 Å². The van der Waals surface area contributed by atoms with Gasteiger partial charge in [-0.05, 0) is 33.6 Å². The zero-order valence-corrected chi connectivity index (χ0v) is 20.2. The van der Waals surface area contributed by atoms with Crippen molar-refractivity contribution in [2.45, 2.75) is 46.1 Å². The Labute approximate surface area is 189 Å². The highest BCUT2D eigenvalue weighted by Gasteiger charge is 2.30. The molecule has 2 aliphatic heterocycles. The number of amides is 1. The third-order valence-corrected chi connectivity index (χ3v) is 6.16. The van der Waals surface area contributed by atoms with Crippen molar-refractivity contribution in [3.8, 4) is 0 Å². The average Bonchev–Trinajstić information content (AvgIpc) is 3.30. The fraction of sp³-hybridized carbons (Fsp3) is 0.737. The maximum Gasteiger partial charge on any atom is 0.251 e. The molecule has 3 heterocycles. The number of carbonyl (C=O) groups is 1. The summed E-state index contributed by atoms with van der Waals surface area (Å²) in [5, 5.41) is 4.51. The number of nitrogens with zero attached hydrogens (tertiary/aromatic N) is 4. The van der Waals surface area contributed by atoms with Crippen LogP contribution < -0.4 is 5.32 Å². The van der Waals surface area contributed by atoms with Crippen molar-refractivity contribution in [3.05, 3.63) is 15.6 Å². The van der Waals surface area contributed by atoms with Crippen LogP contribution in [0.15, 0.2) is 4.99 Å². The van der Waals surface area contributed by atoms with Crippen LogP contribution in [0.1, 0.15) is 35.3 Å². The van der Waals surface area contributed by atoms with Crippen molar-refractivity contribution in [2.24, 2.45) is 4.99 Å². The first kappa shape index (κ1) is 23.3. The Morgan fingerprint density at radius 1 is 1.29 bits per heavy atom. The second kappa shape index (κ2) is 11.3. The van der Waals surface area contributed by atoms with Crippen molar-refractivity contribution in [1.29, 1.82) is 0 Å². The molecule has 0 spiro atoms. The van der Waals surface area contributed by atoms with E-state index in [0.717, 1.165) is 75.2 Å². The van der Waals surface area contributed by atoms with Crippen LogP contribution >= 0.6 is 35.3 Å². The van der Waals surface area contributed by atoms with Crippen LogP contribution in [0.25, 0.3) is 0 Å². The lowest BCUT2D eigenvalue weighted by atomic mass is 10.2. The average molecular weight is 521 g/mol. The molecule has 9 heteroatoms. The standard InChI is InChI=1S/C19H31N5O2S.HI/c1-4-20-19(21-8-7-17-14(2)22-15(3)27-17)24-11-9-23(10-12-24)18(25)16-6-5-13-26-16;/h16H,4-13H2,1-3H3,(H,20,21);1H. The highest BCUT2D eigenvalue weighted by molar-refractivity contribution is 14.0. The Balaban J connectivity index is 0.00000280. The predicted molar refractivity (Wildman–Crippen MR) is 124 cm³/mol. The molecule has 0 aliphatic carbocycles. The van der Waals surface area contributed by atoms with Crippen LogP contribution in [0, 0.1) is 13.8 Å². The smallest absolute Gasteiger partial charge is 0.251 e. The maximum atomic E-state index is 12.5. The minimum absolute atomic E-state index is 0. The fourth-order valence-electron chi connectivity index (χ4n) is 3.61. The maximum absolute atomic E-state index is 12.5. The number of aromatic nitrogens is 1. The lowest BCUT2D eigenvalue weighted by Gasteiger charge is -2.37. The van der Waals surface area contributed by atoms with Crippen molar-refractivity contribution in [3.63, 3.8) is 0 Å². The summed E-state index contributed by atoms with van der Waals surface area (Å²) in [6.45, 7) is 11.6. The van der Waals surface area contributed by atoms with Crippen LogP contribution in [-0.4, -0.2) is 78.6 Å². The predicted octanol–water partition coefficient (Wildman–Crippen LogP) is 2.21. The van der Waals surface area contributed by atoms with Gasteiger partial charge in [0.1, 0.15) is 6.10 Å². The molecule has 2 fully saturated rings. The molecule has 2 aliphatic rings. The Morgan fingerprint density at radius 2 is 2.00 bits per heavy atom. The van der Waals surface area contributed by atoms with E-state index in [2.05, 4.69) is 29.0 Å². The summed E-state index contributed by atoms with van der Waals surface area (Å²) in [5.41, 5.74) is 1.12. The van der Waals surface area contributed by atoms with Gasteiger partial charge >= 0.3 is 0 Å². The summed E-state index contributed by atoms with van der Waals surface area (Å²) in [7, 11) is 0. The third-order valence-electron chi connectivity index (χ3n) is 5.03. The van der Waals surface area contributed by atoms with Crippen molar-refractivity contribution >= 4 is 47.2 Å². The monoisotopic (exact) mass is 521 g/mol. The fourth-order valence-corrected chi connectivity index (χ4v) is 4.54. The van der Waals surface area contributed by atoms with Gasteiger partial charge in [0, 0.05) is 57.2 Å². The topological polar surface area (TPSA) is 70.1 Å². The molecule has 0 saturated carbocycles. The van der Waals surface area contributed by atoms with E-state index in [9.17, 15) is 4.79 Å². The highest BCUT2D eigenvalue weighted by atomic mass is 127. The van der Waals surface area contributed by atoms with E-state index in [4.69, 9.17) is 9.73 Å². The van der Waals surface area contributed by atoms with Crippen molar-refractivity contribution in [2.75, 3.05) is 45.9 Å². The second-order valence-electron chi connectivity index (χ2n) is 7.04. The van der Waals surface area contributed by atoms with Gasteiger partial charge in [-0.3, -0.25) is 9.79 Å². The van der Waals surface area contributed by atoms with Gasteiger partial charge in [0.25, 0.3) is 5.91 Å². The van der Waals surface area contributed by atoms with Gasteiger partial charge in [-0.1, -0.05) is 0 Å². The molecule has 1 unspecified atom stereocenters. The summed E-state index contributed by atoms with van der Waals surface area (Å²) in [6, 6.07) is 0. The van der Waals surface area contributed by atoms with Gasteiger partial charge < -0.3 is 19.9 Å². The summed E-state index contributed by atoms with van der Waals surface area (Å²) >= 11 is 1.76. The Hall–Kier alpha value is -0.940. The first-order valence-corrected chi connectivity index (χ1v) is 10.8. The summed E-state index contributed by atoms with van der Waals surface area (Å²) in [4.78, 5) is 27.3. The van der Waals surface area contributed by atoms with Crippen LogP contribution in [0.3, 0.4) is 0 Å². The molecule has 0 radical (unpaired) electrons. The van der Waals surface area contributed by atoms with E-state index in [1.807, 2.05) is 11.8 Å². The molecular weight excluding hydrogens is 489 g/mol. The number of halogens is 1. The SMILES string of the molecule is CCNC(=NCCc1sc(C)nc1C)N1CCN(C(=O)C2CCCO2)CC1.I. The van der Waals surface area contributed by atoms with Gasteiger partial charge in [-0.15, -0.1) is 35.3 Å². The molecule has 2 saturated heterocycles. The van der Waals surface area contributed by atoms with Gasteiger partial charge in [-0.25, -0.2) is 4.98 Å². The lowest BCUT2D eigenvalue weighted by molar-refractivity contribution is -0.142. The van der Waals surface area contributed by atoms with E-state index < -0.39 is 0 Å². The Morgan fingerprint density at radius 3 is 2.57 bits per heavy atom. The molecule has 158 valence electrons. The molecule has 1 aromatic heterocycles. The number of piperazine rings is 1. The van der Waals surface area contributed by atoms with E-state index in [1.54, 1.807) is 11.3 Å². The largest absolute Gasteiger partial charge is 0.368 e. The van der Waals surface area contributed by atoms with E-state index in [0.29, 0.717) is 6.61 Å². The number of nitrogens with one attached hydrogen (secondary N) is 1. The number of thiazole rings is 1. The zero-order valence-electron chi connectivity index (χ0n) is 17.1. The molecule has 1 N–H and O–H groups in total. The second-order valence-corrected chi connectivity index (χ2v) is 8.33. The van der Waals surface area contributed by atoms with E-state index in [1.165, 1.54) is 4.88 Å². The van der Waals surface area contributed by atoms with E-state index >= 15 is 0 Å². The molecule has 3 rings (SSSR count). The molecular formula is C19H32IN5O2S. The molecule has 1 aromatic rings. The minimum Gasteiger partial charge on any atom is -0.368 e. The molecule has 7 nitrogen and oxygen atoms in total. The number of rotatable bonds is 5. The molecule has 28 heavy (non-hydrogen) atoms. The number of carbonyl (C=O) groups excluding carboxylic acids is 1. The third kappa shape index (κ3) is 6.03. The van der Waals surface area contributed by atoms with Crippen LogP contribution in [-0.2, 0) is 16.0 Å². The highest BCUT2D eigenvalue weighted by Crippen LogP contribution is 2.18. The van der Waals surface area contributed by atoms with Gasteiger partial charge in [0.05, 0.1) is 10.7 Å². The molecule has 1 amide bonds. The molecule has 1 atom stereocenters. The number of aliphatic imine (C=N–C) groups is 1. The minimum atomic E-state index is -0.218. The number of hydrogen-bond acceptors (Lipinski definition) is 5. The number of aryl methyl sites for hydroxylation is 2. The first-order chi connectivity index (χ1) is 13.1. The number of ether oxygens (including phenoxy) is 1. The van der Waals surface area contributed by atoms with Gasteiger partial charge in [-0.2, -0.15) is 0 Å². The molecule has 0 bridgehead atoms. The quantitative estimate of drug-likeness (QED) is 0.366. The normalized spacial score (nSPS) is 20.2. The van der Waals surface area contributed by atoms with Crippen molar-refractivity contribution in [1.82, 2.24) is 20.1 Å². The number of hydrogen-bond donors (Lipinski definition) is 1. The number of guanidine groups is 1. The summed E-state index contributed by atoms with van der Waals surface area (Å²) in [6.07, 6.45) is 2.56. The van der Waals surface area contributed by atoms with Gasteiger partial charge in [0.2, 0.25) is 0 Å². The Kier molecular flexibility index (Phi) is 9.42. The van der Waals surface area contributed by atoms with E-state index in [-0.39, 0.29) is 36.0 Å². The van der Waals surface area contributed by atoms with Crippen LogP contribution in [0.5, 0.6) is 0 Å². The van der Waals surface area contributed by atoms with Crippen LogP contribution in [0.4, 0.5) is 0 Å². The summed E-state index contributed by atoms with van der Waals surface area (Å²) < 4.78 is 5.54. The first-order valence-electron chi connectivity index (χ1n) is 9.95. The summed E-state index contributed by atoms with van der Waals surface area (Å²) in [5.74, 6) is 1.10. The lowest BCUT2D eigenvalue weighted by Crippen LogP contribution is -2.55. The zero-order chi connectivity index (χ0) is 19.2.